The van der Waals surface area contributed by atoms with Gasteiger partial charge in [-0.3, -0.25) is 0 Å². The predicted molar refractivity (Wildman–Crippen MR) is 286 cm³/mol. The van der Waals surface area contributed by atoms with Crippen molar-refractivity contribution in [1.29, 1.82) is 0 Å². The number of benzene rings is 10. The average molecular weight is 878 g/mol. The topological polar surface area (TPSA) is 3.24 Å². The number of hydrogen-bond donors (Lipinski definition) is 0. The molecule has 1 heteroatoms. The van der Waals surface area contributed by atoms with Crippen molar-refractivity contribution in [2.24, 2.45) is 5.92 Å². The molecule has 0 radical (unpaired) electrons. The van der Waals surface area contributed by atoms with E-state index in [1.807, 2.05) is 0 Å². The average Bonchev–Trinajstić information content (AvgIpc) is 4.02. The molecule has 0 fully saturated rings. The zero-order valence-electron chi connectivity index (χ0n) is 38.1. The van der Waals surface area contributed by atoms with Gasteiger partial charge in [-0.1, -0.05) is 243 Å². The molecule has 0 bridgehead atoms. The van der Waals surface area contributed by atoms with Crippen LogP contribution in [0.25, 0.3) is 44.5 Å². The summed E-state index contributed by atoms with van der Waals surface area (Å²) in [5.74, 6) is 0.458. The highest BCUT2D eigenvalue weighted by molar-refractivity contribution is 5.96. The number of para-hydroxylation sites is 1. The Bertz CT molecular complexity index is 3590. The van der Waals surface area contributed by atoms with Crippen LogP contribution in [0, 0.1) is 5.92 Å². The second-order valence-corrected chi connectivity index (χ2v) is 19.0. The summed E-state index contributed by atoms with van der Waals surface area (Å²) in [5, 5.41) is 0. The third-order valence-electron chi connectivity index (χ3n) is 15.8. The summed E-state index contributed by atoms with van der Waals surface area (Å²) in [4.78, 5) is 2.53. The van der Waals surface area contributed by atoms with E-state index in [9.17, 15) is 0 Å². The summed E-state index contributed by atoms with van der Waals surface area (Å²) >= 11 is 0. The highest BCUT2D eigenvalue weighted by Gasteiger charge is 2.58. The van der Waals surface area contributed by atoms with Gasteiger partial charge in [-0.2, -0.15) is 0 Å². The van der Waals surface area contributed by atoms with E-state index in [1.54, 1.807) is 0 Å². The van der Waals surface area contributed by atoms with Crippen LogP contribution in [0.5, 0.6) is 0 Å². The Kier molecular flexibility index (Phi) is 8.91. The van der Waals surface area contributed by atoms with E-state index in [1.165, 1.54) is 89.0 Å². The van der Waals surface area contributed by atoms with Crippen LogP contribution in [0.2, 0.25) is 0 Å². The van der Waals surface area contributed by atoms with Gasteiger partial charge in [0.15, 0.2) is 0 Å². The maximum absolute atomic E-state index is 2.53. The molecule has 4 aliphatic carbocycles. The van der Waals surface area contributed by atoms with Gasteiger partial charge in [0, 0.05) is 28.8 Å². The molecule has 10 aromatic rings. The van der Waals surface area contributed by atoms with E-state index in [-0.39, 0.29) is 17.3 Å². The molecule has 2 unspecified atom stereocenters. The highest BCUT2D eigenvalue weighted by Crippen LogP contribution is 2.67. The largest absolute Gasteiger partial charge is 0.310 e. The van der Waals surface area contributed by atoms with Gasteiger partial charge in [0.2, 0.25) is 0 Å². The Balaban J connectivity index is 1.04. The number of anilines is 3. The molecule has 0 saturated carbocycles. The lowest BCUT2D eigenvalue weighted by Crippen LogP contribution is -2.33. The number of allylic oxidation sites excluding steroid dienone is 4. The van der Waals surface area contributed by atoms with Gasteiger partial charge in [0.1, 0.15) is 0 Å². The molecule has 1 spiro atoms. The van der Waals surface area contributed by atoms with Gasteiger partial charge in [-0.15, -0.1) is 0 Å². The summed E-state index contributed by atoms with van der Waals surface area (Å²) in [6.45, 7) is 0. The first-order chi connectivity index (χ1) is 34.3. The Morgan fingerprint density at radius 1 is 0.333 bits per heavy atom. The zero-order valence-corrected chi connectivity index (χ0v) is 38.1. The molecule has 324 valence electrons. The van der Waals surface area contributed by atoms with Crippen LogP contribution in [-0.2, 0) is 10.8 Å². The summed E-state index contributed by atoms with van der Waals surface area (Å²) in [6, 6.07) is 93.2. The normalized spacial score (nSPS) is 16.8. The zero-order chi connectivity index (χ0) is 45.5. The van der Waals surface area contributed by atoms with Gasteiger partial charge in [-0.25, -0.2) is 0 Å². The fourth-order valence-electron chi connectivity index (χ4n) is 13.2. The van der Waals surface area contributed by atoms with E-state index in [4.69, 9.17) is 0 Å². The molecule has 4 aliphatic rings. The minimum atomic E-state index is -0.542. The van der Waals surface area contributed by atoms with Gasteiger partial charge in [0.05, 0.1) is 16.5 Å². The first-order valence-electron chi connectivity index (χ1n) is 24.3. The molecule has 14 rings (SSSR count). The van der Waals surface area contributed by atoms with Crippen molar-refractivity contribution in [3.8, 4) is 44.5 Å². The van der Waals surface area contributed by atoms with E-state index >= 15 is 0 Å². The molecule has 0 amide bonds. The molecular weight excluding hydrogens is 831 g/mol. The monoisotopic (exact) mass is 877 g/mol. The highest BCUT2D eigenvalue weighted by atomic mass is 15.1. The third kappa shape index (κ3) is 5.59. The Labute approximate surface area is 404 Å². The fourth-order valence-corrected chi connectivity index (χ4v) is 13.2. The number of rotatable bonds is 7. The number of fused-ring (bicyclic) bond motifs is 13. The molecule has 10 aromatic carbocycles. The summed E-state index contributed by atoms with van der Waals surface area (Å²) in [7, 11) is 0. The maximum atomic E-state index is 2.53. The molecular formula is C68H47N. The standard InChI is InChI=1S/C68H47N/c1-4-21-46(22-5-1)47-39-41-50(42-40-47)69(51-43-44-56-54-29-10-15-34-60(54)67(64(56)45-51,48-23-6-2-7-24-48)49-25-8-3-9-26-49)65-38-19-14-31-57(65)59-33-20-32-58-55-30-13-18-37-63(55)68(66(58)59)61-35-16-11-27-52(61)53-28-12-17-36-62(53)68/h1-45,55,63H. The van der Waals surface area contributed by atoms with Crippen molar-refractivity contribution in [3.63, 3.8) is 0 Å². The first-order valence-corrected chi connectivity index (χ1v) is 24.3. The van der Waals surface area contributed by atoms with E-state index < -0.39 is 5.41 Å². The molecule has 0 heterocycles. The third-order valence-corrected chi connectivity index (χ3v) is 15.8. The van der Waals surface area contributed by atoms with Gasteiger partial charge in [0.25, 0.3) is 0 Å². The fraction of sp³-hybridized carbons (Fsp3) is 0.0588. The molecule has 2 atom stereocenters. The molecule has 1 nitrogen and oxygen atoms in total. The van der Waals surface area contributed by atoms with Crippen molar-refractivity contribution in [1.82, 2.24) is 0 Å². The molecule has 69 heavy (non-hydrogen) atoms. The maximum Gasteiger partial charge on any atom is 0.0714 e. The van der Waals surface area contributed by atoms with E-state index in [0.29, 0.717) is 0 Å². The lowest BCUT2D eigenvalue weighted by molar-refractivity contribution is 0.466. The smallest absolute Gasteiger partial charge is 0.0714 e. The number of nitrogens with zero attached hydrogens (tertiary/aromatic N) is 1. The van der Waals surface area contributed by atoms with Crippen LogP contribution in [0.4, 0.5) is 17.1 Å². The van der Waals surface area contributed by atoms with Gasteiger partial charge in [-0.05, 0) is 114 Å². The van der Waals surface area contributed by atoms with Crippen molar-refractivity contribution >= 4 is 17.1 Å². The minimum absolute atomic E-state index is 0.222. The summed E-state index contributed by atoms with van der Waals surface area (Å²) in [5.41, 5.74) is 23.2. The second-order valence-electron chi connectivity index (χ2n) is 19.0. The SMILES string of the molecule is C1=CC2c3cccc(-c4ccccc4N(c4ccc(-c5ccccc5)cc4)c4ccc5c(c4)C(c4ccccc4)(c4ccccc4)c4ccccc4-5)c3C3(c4ccccc4-c4ccccc43)C2C=C1. The number of hydrogen-bond acceptors (Lipinski definition) is 1. The van der Waals surface area contributed by atoms with Crippen LogP contribution < -0.4 is 4.90 Å². The molecule has 0 N–H and O–H groups in total. The summed E-state index contributed by atoms with van der Waals surface area (Å²) < 4.78 is 0. The molecule has 0 saturated heterocycles. The minimum Gasteiger partial charge on any atom is -0.310 e. The lowest BCUT2D eigenvalue weighted by Gasteiger charge is -2.37. The Morgan fingerprint density at radius 3 is 1.49 bits per heavy atom. The van der Waals surface area contributed by atoms with Crippen LogP contribution in [0.1, 0.15) is 50.4 Å². The van der Waals surface area contributed by atoms with Crippen LogP contribution in [-0.4, -0.2) is 0 Å². The van der Waals surface area contributed by atoms with E-state index in [2.05, 4.69) is 278 Å². The van der Waals surface area contributed by atoms with Crippen LogP contribution in [0.15, 0.2) is 273 Å². The van der Waals surface area contributed by atoms with Crippen molar-refractivity contribution in [2.45, 2.75) is 16.7 Å². The quantitative estimate of drug-likeness (QED) is 0.154. The lowest BCUT2D eigenvalue weighted by atomic mass is 9.64. The van der Waals surface area contributed by atoms with E-state index in [0.717, 1.165) is 17.1 Å². The first kappa shape index (κ1) is 39.6. The van der Waals surface area contributed by atoms with Crippen LogP contribution >= 0.6 is 0 Å². The summed E-state index contributed by atoms with van der Waals surface area (Å²) in [6.07, 6.45) is 9.49. The van der Waals surface area contributed by atoms with Gasteiger partial charge >= 0.3 is 0 Å². The van der Waals surface area contributed by atoms with Crippen molar-refractivity contribution < 1.29 is 0 Å². The molecule has 0 aromatic heterocycles. The Morgan fingerprint density at radius 2 is 0.826 bits per heavy atom. The van der Waals surface area contributed by atoms with Crippen molar-refractivity contribution in [3.05, 3.63) is 318 Å². The Hall–Kier alpha value is -8.52. The van der Waals surface area contributed by atoms with Crippen LogP contribution in [0.3, 0.4) is 0 Å². The second kappa shape index (κ2) is 15.5. The molecule has 0 aliphatic heterocycles. The predicted octanol–water partition coefficient (Wildman–Crippen LogP) is 17.0. The van der Waals surface area contributed by atoms with Gasteiger partial charge < -0.3 is 4.90 Å². The van der Waals surface area contributed by atoms with Crippen molar-refractivity contribution in [2.75, 3.05) is 4.90 Å².